The van der Waals surface area contributed by atoms with Crippen molar-refractivity contribution in [1.29, 1.82) is 0 Å². The van der Waals surface area contributed by atoms with Crippen LogP contribution in [0.3, 0.4) is 0 Å². The van der Waals surface area contributed by atoms with Crippen LogP contribution in [0.4, 0.5) is 14.5 Å². The van der Waals surface area contributed by atoms with Crippen molar-refractivity contribution in [3.63, 3.8) is 0 Å². The van der Waals surface area contributed by atoms with E-state index in [0.29, 0.717) is 22.1 Å². The molecule has 3 rings (SSSR count). The molecule has 6 nitrogen and oxygen atoms in total. The number of anilines is 1. The van der Waals surface area contributed by atoms with E-state index in [0.717, 1.165) is 5.56 Å². The van der Waals surface area contributed by atoms with E-state index in [1.807, 2.05) is 0 Å². The Balaban J connectivity index is 1.79. The Morgan fingerprint density at radius 2 is 2.03 bits per heavy atom. The van der Waals surface area contributed by atoms with Crippen LogP contribution in [0.15, 0.2) is 47.0 Å². The third kappa shape index (κ3) is 5.23. The number of halogens is 3. The van der Waals surface area contributed by atoms with Crippen LogP contribution >= 0.6 is 11.6 Å². The van der Waals surface area contributed by atoms with Crippen molar-refractivity contribution in [2.45, 2.75) is 27.1 Å². The molecule has 0 bridgehead atoms. The van der Waals surface area contributed by atoms with Crippen molar-refractivity contribution in [3.05, 3.63) is 70.1 Å². The Labute approximate surface area is 170 Å². The van der Waals surface area contributed by atoms with Crippen LogP contribution in [0.5, 0.6) is 11.5 Å². The van der Waals surface area contributed by atoms with Gasteiger partial charge in [0.15, 0.2) is 5.69 Å². The Bertz CT molecular complexity index is 1020. The first kappa shape index (κ1) is 20.6. The Morgan fingerprint density at radius 3 is 2.76 bits per heavy atom. The van der Waals surface area contributed by atoms with Crippen LogP contribution in [-0.2, 0) is 6.61 Å². The van der Waals surface area contributed by atoms with E-state index in [4.69, 9.17) is 20.9 Å². The molecule has 0 fully saturated rings. The minimum atomic E-state index is -3.02. The summed E-state index contributed by atoms with van der Waals surface area (Å²) >= 11 is 5.93. The molecule has 2 aromatic carbocycles. The molecule has 3 aromatic rings. The highest BCUT2D eigenvalue weighted by molar-refractivity contribution is 6.30. The molecule has 1 N–H and O–H groups in total. The van der Waals surface area contributed by atoms with Gasteiger partial charge in [0.2, 0.25) is 0 Å². The number of hydrogen-bond donors (Lipinski definition) is 1. The largest absolute Gasteiger partial charge is 0.489 e. The summed E-state index contributed by atoms with van der Waals surface area (Å²) in [6.07, 6.45) is 0. The molecule has 9 heteroatoms. The molecule has 1 heterocycles. The summed E-state index contributed by atoms with van der Waals surface area (Å²) in [4.78, 5) is 12.7. The van der Waals surface area contributed by atoms with Gasteiger partial charge in [0, 0.05) is 5.02 Å². The molecule has 0 saturated heterocycles. The Hall–Kier alpha value is -3.13. The van der Waals surface area contributed by atoms with E-state index in [1.54, 1.807) is 44.2 Å². The van der Waals surface area contributed by atoms with Crippen LogP contribution in [-0.4, -0.2) is 17.7 Å². The fourth-order valence-corrected chi connectivity index (χ4v) is 2.75. The topological polar surface area (TPSA) is 73.6 Å². The van der Waals surface area contributed by atoms with Crippen molar-refractivity contribution < 1.29 is 27.6 Å². The smallest absolute Gasteiger partial charge is 0.387 e. The number of carbonyl (C=O) groups excluding carboxylic acids is 1. The van der Waals surface area contributed by atoms with E-state index in [2.05, 4.69) is 15.2 Å². The molecule has 1 amide bonds. The Morgan fingerprint density at radius 1 is 1.24 bits per heavy atom. The SMILES string of the molecule is Cc1ccc(OC(F)F)c(NC(=O)c2noc(C)c2COc2cccc(Cl)c2)c1. The molecule has 0 atom stereocenters. The maximum Gasteiger partial charge on any atom is 0.387 e. The molecule has 0 aliphatic heterocycles. The number of alkyl halides is 2. The van der Waals surface area contributed by atoms with Crippen LogP contribution in [0.2, 0.25) is 5.02 Å². The number of nitrogens with zero attached hydrogens (tertiary/aromatic N) is 1. The van der Waals surface area contributed by atoms with Crippen LogP contribution in [0.1, 0.15) is 27.4 Å². The van der Waals surface area contributed by atoms with Crippen LogP contribution < -0.4 is 14.8 Å². The van der Waals surface area contributed by atoms with E-state index < -0.39 is 12.5 Å². The second kappa shape index (κ2) is 8.91. The quantitative estimate of drug-likeness (QED) is 0.553. The van der Waals surface area contributed by atoms with Gasteiger partial charge in [-0.15, -0.1) is 0 Å². The predicted octanol–water partition coefficient (Wildman–Crippen LogP) is 5.38. The first-order chi connectivity index (χ1) is 13.8. The first-order valence-corrected chi connectivity index (χ1v) is 8.91. The third-order valence-electron chi connectivity index (χ3n) is 3.98. The van der Waals surface area contributed by atoms with Crippen molar-refractivity contribution >= 4 is 23.2 Å². The second-order valence-electron chi connectivity index (χ2n) is 6.14. The summed E-state index contributed by atoms with van der Waals surface area (Å²) in [5.41, 5.74) is 1.25. The summed E-state index contributed by atoms with van der Waals surface area (Å²) in [6, 6.07) is 11.3. The lowest BCUT2D eigenvalue weighted by Gasteiger charge is -2.12. The minimum Gasteiger partial charge on any atom is -0.489 e. The number of ether oxygens (including phenoxy) is 2. The van der Waals surface area contributed by atoms with Crippen LogP contribution in [0, 0.1) is 13.8 Å². The van der Waals surface area contributed by atoms with E-state index in [9.17, 15) is 13.6 Å². The van der Waals surface area contributed by atoms with Gasteiger partial charge in [0.1, 0.15) is 23.9 Å². The monoisotopic (exact) mass is 422 g/mol. The van der Waals surface area contributed by atoms with E-state index in [-0.39, 0.29) is 23.7 Å². The van der Waals surface area contributed by atoms with Gasteiger partial charge in [-0.1, -0.05) is 28.9 Å². The molecule has 0 unspecified atom stereocenters. The van der Waals surface area contributed by atoms with Gasteiger partial charge in [0.25, 0.3) is 5.91 Å². The van der Waals surface area contributed by atoms with Crippen molar-refractivity contribution in [1.82, 2.24) is 5.16 Å². The molecular weight excluding hydrogens is 406 g/mol. The Kier molecular flexibility index (Phi) is 6.33. The lowest BCUT2D eigenvalue weighted by molar-refractivity contribution is -0.0493. The van der Waals surface area contributed by atoms with Gasteiger partial charge < -0.3 is 19.3 Å². The number of hydrogen-bond acceptors (Lipinski definition) is 5. The molecule has 152 valence electrons. The number of aromatic nitrogens is 1. The maximum absolute atomic E-state index is 12.7. The fourth-order valence-electron chi connectivity index (χ4n) is 2.57. The zero-order valence-corrected chi connectivity index (χ0v) is 16.3. The predicted molar refractivity (Wildman–Crippen MR) is 103 cm³/mol. The summed E-state index contributed by atoms with van der Waals surface area (Å²) in [5.74, 6) is 0.105. The number of rotatable bonds is 7. The summed E-state index contributed by atoms with van der Waals surface area (Å²) < 4.78 is 40.5. The molecular formula is C20H17ClF2N2O4. The highest BCUT2D eigenvalue weighted by Crippen LogP contribution is 2.28. The zero-order chi connectivity index (χ0) is 21.0. The highest BCUT2D eigenvalue weighted by atomic mass is 35.5. The number of amides is 1. The second-order valence-corrected chi connectivity index (χ2v) is 6.58. The molecule has 0 saturated carbocycles. The molecule has 1 aromatic heterocycles. The fraction of sp³-hybridized carbons (Fsp3) is 0.200. The van der Waals surface area contributed by atoms with Crippen molar-refractivity contribution in [3.8, 4) is 11.5 Å². The van der Waals surface area contributed by atoms with Gasteiger partial charge in [-0.05, 0) is 49.7 Å². The molecule has 0 radical (unpaired) electrons. The number of benzene rings is 2. The molecule has 29 heavy (non-hydrogen) atoms. The van der Waals surface area contributed by atoms with Gasteiger partial charge in [-0.3, -0.25) is 4.79 Å². The average Bonchev–Trinajstić information content (AvgIpc) is 3.02. The summed E-state index contributed by atoms with van der Waals surface area (Å²) in [5, 5.41) is 6.82. The standard InChI is InChI=1S/C20H17ClF2N2O4/c1-11-6-7-17(28-20(22)23)16(8-11)24-19(26)18-15(12(2)29-25-18)10-27-14-5-3-4-13(21)9-14/h3-9,20H,10H2,1-2H3,(H,24,26). The summed E-state index contributed by atoms with van der Waals surface area (Å²) in [6.45, 7) is 0.376. The lowest BCUT2D eigenvalue weighted by atomic mass is 10.1. The first-order valence-electron chi connectivity index (χ1n) is 8.54. The molecule has 0 aliphatic rings. The molecule has 0 aliphatic carbocycles. The minimum absolute atomic E-state index is 0.00658. The van der Waals surface area contributed by atoms with Crippen molar-refractivity contribution in [2.75, 3.05) is 5.32 Å². The van der Waals surface area contributed by atoms with Gasteiger partial charge in [0.05, 0.1) is 11.3 Å². The third-order valence-corrected chi connectivity index (χ3v) is 4.21. The highest BCUT2D eigenvalue weighted by Gasteiger charge is 2.22. The van der Waals surface area contributed by atoms with Crippen LogP contribution in [0.25, 0.3) is 0 Å². The average molecular weight is 423 g/mol. The lowest BCUT2D eigenvalue weighted by Crippen LogP contribution is -2.17. The van der Waals surface area contributed by atoms with E-state index >= 15 is 0 Å². The maximum atomic E-state index is 12.7. The molecule has 0 spiro atoms. The number of nitrogens with one attached hydrogen (secondary N) is 1. The van der Waals surface area contributed by atoms with E-state index in [1.165, 1.54) is 12.1 Å². The van der Waals surface area contributed by atoms with Gasteiger partial charge in [-0.25, -0.2) is 0 Å². The normalized spacial score (nSPS) is 10.8. The number of aryl methyl sites for hydroxylation is 2. The summed E-state index contributed by atoms with van der Waals surface area (Å²) in [7, 11) is 0. The number of carbonyl (C=O) groups is 1. The van der Waals surface area contributed by atoms with Crippen molar-refractivity contribution in [2.24, 2.45) is 0 Å². The zero-order valence-electron chi connectivity index (χ0n) is 15.5. The van der Waals surface area contributed by atoms with Gasteiger partial charge in [-0.2, -0.15) is 8.78 Å². The van der Waals surface area contributed by atoms with Gasteiger partial charge >= 0.3 is 6.61 Å².